The number of ether oxygens (including phenoxy) is 2. The fourth-order valence-corrected chi connectivity index (χ4v) is 3.94. The number of hydrogen-bond donors (Lipinski definition) is 0. The minimum atomic E-state index is -0.448. The van der Waals surface area contributed by atoms with Gasteiger partial charge in [0, 0.05) is 11.8 Å². The number of aromatic nitrogens is 4. The van der Waals surface area contributed by atoms with Crippen molar-refractivity contribution < 1.29 is 14.3 Å². The van der Waals surface area contributed by atoms with Crippen molar-refractivity contribution in [3.63, 3.8) is 0 Å². The van der Waals surface area contributed by atoms with E-state index in [-0.39, 0.29) is 0 Å². The number of thiophene rings is 1. The Balaban J connectivity index is 1.87. The number of methoxy groups -OCH3 is 2. The number of fused-ring (bicyclic) bond motifs is 1. The lowest BCUT2D eigenvalue weighted by molar-refractivity contribution is 0.0606. The van der Waals surface area contributed by atoms with Crippen LogP contribution in [-0.4, -0.2) is 40.2 Å². The fourth-order valence-electron chi connectivity index (χ4n) is 2.82. The third-order valence-electron chi connectivity index (χ3n) is 4.22. The molecule has 4 aromatic rings. The summed E-state index contributed by atoms with van der Waals surface area (Å²) in [5.74, 6) is 0.276. The molecule has 0 N–H and O–H groups in total. The van der Waals surface area contributed by atoms with E-state index < -0.39 is 5.97 Å². The molecule has 3 aromatic heterocycles. The van der Waals surface area contributed by atoms with Crippen molar-refractivity contribution in [3.05, 3.63) is 59.7 Å². The quantitative estimate of drug-likeness (QED) is 0.478. The molecule has 7 nitrogen and oxygen atoms in total. The minimum Gasteiger partial charge on any atom is -0.497 e. The zero-order chi connectivity index (χ0) is 19.7. The van der Waals surface area contributed by atoms with Gasteiger partial charge in [0.05, 0.1) is 25.1 Å². The standard InChI is InChI=1S/C20H16N4O3S/c1-4-12-8-16-17(21-10-12)18(19(28-16)20(25)27-3)24-11-15(22-23-24)13-6-5-7-14(9-13)26-2/h4-11H,1H2,2-3H3. The Morgan fingerprint density at radius 3 is 2.89 bits per heavy atom. The molecule has 0 bridgehead atoms. The smallest absolute Gasteiger partial charge is 0.350 e. The van der Waals surface area contributed by atoms with Crippen molar-refractivity contribution in [1.29, 1.82) is 0 Å². The van der Waals surface area contributed by atoms with Gasteiger partial charge in [-0.05, 0) is 23.8 Å². The van der Waals surface area contributed by atoms with Crippen LogP contribution in [0.2, 0.25) is 0 Å². The highest BCUT2D eigenvalue weighted by atomic mass is 32.1. The number of esters is 1. The highest BCUT2D eigenvalue weighted by molar-refractivity contribution is 7.21. The summed E-state index contributed by atoms with van der Waals surface area (Å²) in [7, 11) is 2.96. The molecule has 28 heavy (non-hydrogen) atoms. The molecule has 140 valence electrons. The Morgan fingerprint density at radius 1 is 1.29 bits per heavy atom. The van der Waals surface area contributed by atoms with Crippen LogP contribution in [0, 0.1) is 0 Å². The van der Waals surface area contributed by atoms with E-state index in [1.807, 2.05) is 30.3 Å². The number of hydrogen-bond acceptors (Lipinski definition) is 7. The van der Waals surface area contributed by atoms with Gasteiger partial charge in [-0.2, -0.15) is 0 Å². The molecule has 0 fully saturated rings. The van der Waals surface area contributed by atoms with Gasteiger partial charge >= 0.3 is 5.97 Å². The first kappa shape index (κ1) is 17.9. The summed E-state index contributed by atoms with van der Waals surface area (Å²) >= 11 is 1.30. The third kappa shape index (κ3) is 3.03. The van der Waals surface area contributed by atoms with Crippen molar-refractivity contribution in [1.82, 2.24) is 20.0 Å². The van der Waals surface area contributed by atoms with Crippen LogP contribution < -0.4 is 4.74 Å². The maximum atomic E-state index is 12.4. The Kier molecular flexibility index (Phi) is 4.62. The molecule has 0 radical (unpaired) electrons. The predicted octanol–water partition coefficient (Wildman–Crippen LogP) is 3.98. The van der Waals surface area contributed by atoms with Crippen molar-refractivity contribution in [2.24, 2.45) is 0 Å². The monoisotopic (exact) mass is 392 g/mol. The molecule has 0 saturated heterocycles. The van der Waals surface area contributed by atoms with Crippen molar-refractivity contribution >= 4 is 33.6 Å². The SMILES string of the molecule is C=Cc1cnc2c(-n3cc(-c4cccc(OC)c4)nn3)c(C(=O)OC)sc2c1. The molecule has 3 heterocycles. The van der Waals surface area contributed by atoms with E-state index in [1.54, 1.807) is 30.3 Å². The van der Waals surface area contributed by atoms with Gasteiger partial charge in [0.2, 0.25) is 0 Å². The average molecular weight is 392 g/mol. The first-order chi connectivity index (χ1) is 13.6. The lowest BCUT2D eigenvalue weighted by atomic mass is 10.1. The molecule has 0 spiro atoms. The highest BCUT2D eigenvalue weighted by Gasteiger charge is 2.23. The highest BCUT2D eigenvalue weighted by Crippen LogP contribution is 2.34. The number of benzene rings is 1. The van der Waals surface area contributed by atoms with E-state index >= 15 is 0 Å². The summed E-state index contributed by atoms with van der Waals surface area (Å²) in [5, 5.41) is 8.48. The number of pyridine rings is 1. The van der Waals surface area contributed by atoms with E-state index in [1.165, 1.54) is 18.4 Å². The fraction of sp³-hybridized carbons (Fsp3) is 0.100. The second-order valence-corrected chi connectivity index (χ2v) is 6.92. The van der Waals surface area contributed by atoms with Gasteiger partial charge in [0.1, 0.15) is 27.5 Å². The maximum absolute atomic E-state index is 12.4. The molecule has 0 aliphatic heterocycles. The number of nitrogens with zero attached hydrogens (tertiary/aromatic N) is 4. The van der Waals surface area contributed by atoms with Crippen LogP contribution in [0.4, 0.5) is 0 Å². The van der Waals surface area contributed by atoms with E-state index in [0.717, 1.165) is 21.6 Å². The van der Waals surface area contributed by atoms with Crippen LogP contribution in [0.3, 0.4) is 0 Å². The maximum Gasteiger partial charge on any atom is 0.350 e. The molecule has 0 saturated carbocycles. The first-order valence-electron chi connectivity index (χ1n) is 8.35. The minimum absolute atomic E-state index is 0.410. The van der Waals surface area contributed by atoms with Crippen LogP contribution in [0.15, 0.2) is 49.3 Å². The van der Waals surface area contributed by atoms with Crippen LogP contribution >= 0.6 is 11.3 Å². The molecule has 0 atom stereocenters. The zero-order valence-electron chi connectivity index (χ0n) is 15.2. The summed E-state index contributed by atoms with van der Waals surface area (Å²) in [5.41, 5.74) is 3.57. The Hall–Kier alpha value is -3.52. The molecule has 0 unspecified atom stereocenters. The second kappa shape index (κ2) is 7.24. The van der Waals surface area contributed by atoms with Gasteiger partial charge in [0.15, 0.2) is 0 Å². The molecule has 1 aromatic carbocycles. The zero-order valence-corrected chi connectivity index (χ0v) is 16.1. The van der Waals surface area contributed by atoms with E-state index in [2.05, 4.69) is 21.9 Å². The summed E-state index contributed by atoms with van der Waals surface area (Å²) in [6.07, 6.45) is 5.17. The van der Waals surface area contributed by atoms with Crippen molar-refractivity contribution in [3.8, 4) is 22.7 Å². The van der Waals surface area contributed by atoms with Gasteiger partial charge in [-0.15, -0.1) is 16.4 Å². The van der Waals surface area contributed by atoms with Gasteiger partial charge in [-0.1, -0.05) is 30.0 Å². The molecule has 0 aliphatic carbocycles. The Bertz CT molecular complexity index is 1200. The second-order valence-electron chi connectivity index (χ2n) is 5.87. The lowest BCUT2D eigenvalue weighted by Crippen LogP contribution is -2.05. The predicted molar refractivity (Wildman–Crippen MR) is 108 cm³/mol. The Labute approximate surface area is 164 Å². The third-order valence-corrected chi connectivity index (χ3v) is 5.32. The number of rotatable bonds is 5. The van der Waals surface area contributed by atoms with E-state index in [0.29, 0.717) is 21.8 Å². The largest absolute Gasteiger partial charge is 0.497 e. The van der Waals surface area contributed by atoms with Crippen LogP contribution in [-0.2, 0) is 4.74 Å². The van der Waals surface area contributed by atoms with Crippen LogP contribution in [0.5, 0.6) is 5.75 Å². The molecule has 4 rings (SSSR count). The normalized spacial score (nSPS) is 10.8. The molecule has 0 aliphatic rings. The van der Waals surface area contributed by atoms with Gasteiger partial charge in [-0.3, -0.25) is 4.98 Å². The summed E-state index contributed by atoms with van der Waals surface area (Å²) in [6, 6.07) is 9.45. The summed E-state index contributed by atoms with van der Waals surface area (Å²) in [6.45, 7) is 3.76. The summed E-state index contributed by atoms with van der Waals surface area (Å²) in [4.78, 5) is 17.3. The van der Waals surface area contributed by atoms with Gasteiger partial charge in [0.25, 0.3) is 0 Å². The molecule has 0 amide bonds. The van der Waals surface area contributed by atoms with Crippen LogP contribution in [0.1, 0.15) is 15.2 Å². The van der Waals surface area contributed by atoms with Crippen LogP contribution in [0.25, 0.3) is 33.2 Å². The number of carbonyl (C=O) groups excluding carboxylic acids is 1. The Morgan fingerprint density at radius 2 is 2.14 bits per heavy atom. The molecule has 8 heteroatoms. The van der Waals surface area contributed by atoms with Gasteiger partial charge in [-0.25, -0.2) is 9.48 Å². The van der Waals surface area contributed by atoms with Gasteiger partial charge < -0.3 is 9.47 Å². The lowest BCUT2D eigenvalue weighted by Gasteiger charge is -2.02. The molecular formula is C20H16N4O3S. The van der Waals surface area contributed by atoms with Crippen molar-refractivity contribution in [2.75, 3.05) is 14.2 Å². The van der Waals surface area contributed by atoms with E-state index in [4.69, 9.17) is 9.47 Å². The van der Waals surface area contributed by atoms with E-state index in [9.17, 15) is 4.79 Å². The first-order valence-corrected chi connectivity index (χ1v) is 9.16. The summed E-state index contributed by atoms with van der Waals surface area (Å²) < 4.78 is 12.6. The van der Waals surface area contributed by atoms with Crippen molar-refractivity contribution in [2.45, 2.75) is 0 Å². The molecular weight excluding hydrogens is 376 g/mol. The number of carbonyl (C=O) groups is 1. The topological polar surface area (TPSA) is 79.1 Å². The average Bonchev–Trinajstić information content (AvgIpc) is 3.37.